The zero-order chi connectivity index (χ0) is 15.5. The van der Waals surface area contributed by atoms with Gasteiger partial charge in [-0.3, -0.25) is 0 Å². The molecule has 1 unspecified atom stereocenters. The van der Waals surface area contributed by atoms with E-state index in [0.29, 0.717) is 18.2 Å². The van der Waals surface area contributed by atoms with Gasteiger partial charge in [0.1, 0.15) is 6.61 Å². The fourth-order valence-electron chi connectivity index (χ4n) is 2.84. The summed E-state index contributed by atoms with van der Waals surface area (Å²) in [6.07, 6.45) is 0.555. The number of hydrogen-bond donors (Lipinski definition) is 0. The Bertz CT molecular complexity index is 672. The smallest absolute Gasteiger partial charge is 0.410 e. The highest BCUT2D eigenvalue weighted by atomic mass is 35.5. The maximum atomic E-state index is 12.3. The second-order valence-electron chi connectivity index (χ2n) is 5.50. The van der Waals surface area contributed by atoms with Crippen molar-refractivity contribution in [1.82, 2.24) is 4.90 Å². The number of fused-ring (bicyclic) bond motifs is 1. The van der Waals surface area contributed by atoms with Gasteiger partial charge in [0.05, 0.1) is 6.04 Å². The zero-order valence-corrected chi connectivity index (χ0v) is 13.2. The molecule has 0 saturated carbocycles. The van der Waals surface area contributed by atoms with Crippen LogP contribution >= 0.6 is 11.6 Å². The van der Waals surface area contributed by atoms with Crippen LogP contribution in [-0.4, -0.2) is 17.5 Å². The Hall–Kier alpha value is -2.00. The van der Waals surface area contributed by atoms with Gasteiger partial charge in [0.2, 0.25) is 0 Å². The number of carbonyl (C=O) groups is 1. The van der Waals surface area contributed by atoms with Crippen LogP contribution in [0.2, 0.25) is 5.02 Å². The van der Waals surface area contributed by atoms with Crippen LogP contribution in [0.15, 0.2) is 48.5 Å². The number of halogens is 1. The van der Waals surface area contributed by atoms with Crippen LogP contribution in [-0.2, 0) is 17.8 Å². The molecular weight excluding hydrogens is 298 g/mol. The maximum absolute atomic E-state index is 12.3. The summed E-state index contributed by atoms with van der Waals surface area (Å²) in [6.45, 7) is 2.98. The van der Waals surface area contributed by atoms with Crippen LogP contribution in [0, 0.1) is 0 Å². The van der Waals surface area contributed by atoms with E-state index in [4.69, 9.17) is 16.3 Å². The highest BCUT2D eigenvalue weighted by Crippen LogP contribution is 2.31. The molecule has 0 spiro atoms. The molecule has 0 N–H and O–H groups in total. The lowest BCUT2D eigenvalue weighted by atomic mass is 9.94. The standard InChI is InChI=1S/C18H18ClNO2/c1-13-17-11-16(19)8-7-15(17)9-10-20(13)18(21)22-12-14-5-3-2-4-6-14/h2-8,11,13H,9-10,12H2,1H3. The van der Waals surface area contributed by atoms with E-state index in [1.807, 2.05) is 55.5 Å². The normalized spacial score (nSPS) is 17.0. The van der Waals surface area contributed by atoms with Gasteiger partial charge in [0.15, 0.2) is 0 Å². The average molecular weight is 316 g/mol. The first-order chi connectivity index (χ1) is 10.6. The maximum Gasteiger partial charge on any atom is 0.410 e. The Balaban J connectivity index is 1.69. The monoisotopic (exact) mass is 315 g/mol. The van der Waals surface area contributed by atoms with Crippen molar-refractivity contribution in [3.05, 3.63) is 70.2 Å². The van der Waals surface area contributed by atoms with Crippen molar-refractivity contribution in [3.8, 4) is 0 Å². The van der Waals surface area contributed by atoms with Crippen molar-refractivity contribution in [2.24, 2.45) is 0 Å². The summed E-state index contributed by atoms with van der Waals surface area (Å²) >= 11 is 6.08. The summed E-state index contributed by atoms with van der Waals surface area (Å²) in [6, 6.07) is 15.6. The highest BCUT2D eigenvalue weighted by Gasteiger charge is 2.28. The summed E-state index contributed by atoms with van der Waals surface area (Å²) in [5.74, 6) is 0. The molecular formula is C18H18ClNO2. The molecule has 0 fully saturated rings. The summed E-state index contributed by atoms with van der Waals surface area (Å²) in [7, 11) is 0. The lowest BCUT2D eigenvalue weighted by Gasteiger charge is -2.34. The summed E-state index contributed by atoms with van der Waals surface area (Å²) < 4.78 is 5.44. The van der Waals surface area contributed by atoms with Gasteiger partial charge < -0.3 is 9.64 Å². The Labute approximate surface area is 135 Å². The van der Waals surface area contributed by atoms with Gasteiger partial charge in [-0.05, 0) is 42.2 Å². The second kappa shape index (κ2) is 6.41. The first kappa shape index (κ1) is 14.9. The number of nitrogens with zero attached hydrogens (tertiary/aromatic N) is 1. The molecule has 114 valence electrons. The van der Waals surface area contributed by atoms with Crippen LogP contribution in [0.3, 0.4) is 0 Å². The molecule has 3 rings (SSSR count). The van der Waals surface area contributed by atoms with Crippen molar-refractivity contribution in [2.45, 2.75) is 26.0 Å². The third-order valence-corrected chi connectivity index (χ3v) is 4.32. The number of benzene rings is 2. The van der Waals surface area contributed by atoms with E-state index in [1.165, 1.54) is 5.56 Å². The average Bonchev–Trinajstić information content (AvgIpc) is 2.54. The largest absolute Gasteiger partial charge is 0.445 e. The molecule has 0 saturated heterocycles. The summed E-state index contributed by atoms with van der Waals surface area (Å²) in [4.78, 5) is 14.1. The SMILES string of the molecule is CC1c2cc(Cl)ccc2CCN1C(=O)OCc1ccccc1. The molecule has 0 aromatic heterocycles. The Morgan fingerprint density at radius 1 is 1.27 bits per heavy atom. The molecule has 1 amide bonds. The van der Waals surface area contributed by atoms with Crippen molar-refractivity contribution >= 4 is 17.7 Å². The van der Waals surface area contributed by atoms with E-state index in [1.54, 1.807) is 4.90 Å². The number of hydrogen-bond acceptors (Lipinski definition) is 2. The van der Waals surface area contributed by atoms with Crippen molar-refractivity contribution in [2.75, 3.05) is 6.54 Å². The van der Waals surface area contributed by atoms with Crippen molar-refractivity contribution in [1.29, 1.82) is 0 Å². The van der Waals surface area contributed by atoms with Gasteiger partial charge in [-0.25, -0.2) is 4.79 Å². The van der Waals surface area contributed by atoms with Crippen LogP contribution in [0.4, 0.5) is 4.79 Å². The molecule has 3 nitrogen and oxygen atoms in total. The third kappa shape index (κ3) is 3.09. The van der Waals surface area contributed by atoms with E-state index in [2.05, 4.69) is 0 Å². The van der Waals surface area contributed by atoms with E-state index in [0.717, 1.165) is 17.5 Å². The first-order valence-electron chi connectivity index (χ1n) is 7.41. The molecule has 2 aromatic carbocycles. The predicted octanol–water partition coefficient (Wildman–Crippen LogP) is 4.60. The molecule has 0 bridgehead atoms. The third-order valence-electron chi connectivity index (χ3n) is 4.09. The lowest BCUT2D eigenvalue weighted by Crippen LogP contribution is -2.39. The number of rotatable bonds is 2. The Kier molecular flexibility index (Phi) is 4.34. The minimum Gasteiger partial charge on any atom is -0.445 e. The Morgan fingerprint density at radius 3 is 2.82 bits per heavy atom. The molecule has 1 heterocycles. The van der Waals surface area contributed by atoms with Gasteiger partial charge in [0, 0.05) is 11.6 Å². The van der Waals surface area contributed by atoms with Gasteiger partial charge >= 0.3 is 6.09 Å². The fraction of sp³-hybridized carbons (Fsp3) is 0.278. The lowest BCUT2D eigenvalue weighted by molar-refractivity contribution is 0.0803. The fourth-order valence-corrected chi connectivity index (χ4v) is 3.02. The minimum absolute atomic E-state index is 0.0225. The van der Waals surface area contributed by atoms with Crippen molar-refractivity contribution < 1.29 is 9.53 Å². The Morgan fingerprint density at radius 2 is 2.05 bits per heavy atom. The van der Waals surface area contributed by atoms with E-state index in [-0.39, 0.29) is 12.1 Å². The molecule has 1 aliphatic heterocycles. The zero-order valence-electron chi connectivity index (χ0n) is 12.5. The summed E-state index contributed by atoms with van der Waals surface area (Å²) in [5, 5.41) is 0.699. The quantitative estimate of drug-likeness (QED) is 0.810. The van der Waals surface area contributed by atoms with Gasteiger partial charge in [-0.15, -0.1) is 0 Å². The van der Waals surface area contributed by atoms with Gasteiger partial charge in [-0.1, -0.05) is 48.0 Å². The second-order valence-corrected chi connectivity index (χ2v) is 5.94. The van der Waals surface area contributed by atoms with Gasteiger partial charge in [-0.2, -0.15) is 0 Å². The molecule has 0 radical (unpaired) electrons. The predicted molar refractivity (Wildman–Crippen MR) is 86.9 cm³/mol. The summed E-state index contributed by atoms with van der Waals surface area (Å²) in [5.41, 5.74) is 3.35. The molecule has 0 aliphatic carbocycles. The van der Waals surface area contributed by atoms with Crippen LogP contribution in [0.25, 0.3) is 0 Å². The van der Waals surface area contributed by atoms with E-state index in [9.17, 15) is 4.79 Å². The highest BCUT2D eigenvalue weighted by molar-refractivity contribution is 6.30. The molecule has 1 aliphatic rings. The number of carbonyl (C=O) groups excluding carboxylic acids is 1. The van der Waals surface area contributed by atoms with Gasteiger partial charge in [0.25, 0.3) is 0 Å². The van der Waals surface area contributed by atoms with Crippen molar-refractivity contribution in [3.63, 3.8) is 0 Å². The van der Waals surface area contributed by atoms with Crippen LogP contribution < -0.4 is 0 Å². The first-order valence-corrected chi connectivity index (χ1v) is 7.78. The number of amides is 1. The minimum atomic E-state index is -0.276. The van der Waals surface area contributed by atoms with E-state index < -0.39 is 0 Å². The topological polar surface area (TPSA) is 29.5 Å². The molecule has 2 aromatic rings. The van der Waals surface area contributed by atoms with Crippen LogP contribution in [0.1, 0.15) is 29.7 Å². The molecule has 1 atom stereocenters. The van der Waals surface area contributed by atoms with E-state index >= 15 is 0 Å². The van der Waals surface area contributed by atoms with Crippen LogP contribution in [0.5, 0.6) is 0 Å². The molecule has 22 heavy (non-hydrogen) atoms. The number of ether oxygens (including phenoxy) is 1. The molecule has 4 heteroatoms.